The fraction of sp³-hybridized carbons (Fsp3) is 0.750. The van der Waals surface area contributed by atoms with E-state index in [0.717, 1.165) is 12.8 Å². The van der Waals surface area contributed by atoms with E-state index in [4.69, 9.17) is 9.15 Å². The van der Waals surface area contributed by atoms with Gasteiger partial charge in [0.25, 0.3) is 5.91 Å². The lowest BCUT2D eigenvalue weighted by Crippen LogP contribution is -2.78. The Bertz CT molecular complexity index is 656. The molecule has 3 heterocycles. The predicted octanol–water partition coefficient (Wildman–Crippen LogP) is 1.10. The summed E-state index contributed by atoms with van der Waals surface area (Å²) in [7, 11) is 0. The minimum Gasteiger partial charge on any atom is -0.444 e. The summed E-state index contributed by atoms with van der Waals surface area (Å²) in [5.41, 5.74) is -1.55. The number of ether oxygens (including phenoxy) is 1. The van der Waals surface area contributed by atoms with Crippen molar-refractivity contribution in [3.05, 3.63) is 12.3 Å². The lowest BCUT2D eigenvalue weighted by Gasteiger charge is -2.57. The molecule has 2 aliphatic rings. The normalized spacial score (nSPS) is 27.6. The maximum absolute atomic E-state index is 13.0. The number of aliphatic hydroxyl groups is 1. The van der Waals surface area contributed by atoms with Gasteiger partial charge >= 0.3 is 6.09 Å². The Labute approximate surface area is 145 Å². The minimum absolute atomic E-state index is 0.180. The third kappa shape index (κ3) is 2.66. The van der Waals surface area contributed by atoms with E-state index in [-0.39, 0.29) is 24.4 Å². The lowest BCUT2D eigenvalue weighted by atomic mass is 9.76. The van der Waals surface area contributed by atoms with Crippen LogP contribution < -0.4 is 0 Å². The molecular formula is C16H24N4O5. The van der Waals surface area contributed by atoms with E-state index in [0.29, 0.717) is 13.0 Å². The monoisotopic (exact) mass is 352 g/mol. The number of β-lactam (4-membered cyclic amide) rings is 1. The van der Waals surface area contributed by atoms with Crippen LogP contribution in [0.1, 0.15) is 52.5 Å². The Morgan fingerprint density at radius 1 is 1.56 bits per heavy atom. The quantitative estimate of drug-likeness (QED) is 0.811. The molecule has 2 amide bonds. The molecule has 138 valence electrons. The number of rotatable bonds is 3. The van der Waals surface area contributed by atoms with Crippen molar-refractivity contribution in [1.29, 1.82) is 0 Å². The number of amides is 2. The zero-order valence-corrected chi connectivity index (χ0v) is 14.9. The smallest absolute Gasteiger partial charge is 0.411 e. The maximum atomic E-state index is 13.0. The second-order valence-corrected chi connectivity index (χ2v) is 7.52. The maximum Gasteiger partial charge on any atom is 0.411 e. The average molecular weight is 352 g/mol. The van der Waals surface area contributed by atoms with Gasteiger partial charge in [0.2, 0.25) is 12.3 Å². The van der Waals surface area contributed by atoms with Gasteiger partial charge in [0.1, 0.15) is 17.2 Å². The molecule has 0 bridgehead atoms. The molecule has 3 atom stereocenters. The highest BCUT2D eigenvalue weighted by atomic mass is 16.6. The number of hydrogen-bond acceptors (Lipinski definition) is 7. The van der Waals surface area contributed by atoms with Crippen molar-refractivity contribution in [2.75, 3.05) is 13.2 Å². The fourth-order valence-electron chi connectivity index (χ4n) is 3.83. The molecule has 0 aliphatic carbocycles. The highest BCUT2D eigenvalue weighted by molar-refractivity contribution is 5.97. The molecule has 1 aromatic rings. The zero-order chi connectivity index (χ0) is 18.4. The number of carbonyl (C=O) groups excluding carboxylic acids is 2. The van der Waals surface area contributed by atoms with Gasteiger partial charge in [0.15, 0.2) is 0 Å². The zero-order valence-electron chi connectivity index (χ0n) is 14.9. The van der Waals surface area contributed by atoms with Gasteiger partial charge in [-0.2, -0.15) is 0 Å². The SMILES string of the molecule is CC1N([C@@H](CO)c2nnco2)C(=O)[C@]12CCCN2C(=O)OC(C)(C)C. The standard InChI is InChI=1S/C16H24N4O5/c1-10-16(6-5-7-19(16)14(23)25-15(2,3)4)13(22)20(10)11(8-21)12-18-17-9-24-12/h9-11,21H,5-8H2,1-4H3/t10?,11-,16-/m0/s1. The molecule has 1 aromatic heterocycles. The Hall–Kier alpha value is -2.16. The number of carbonyl (C=O) groups is 2. The minimum atomic E-state index is -0.921. The van der Waals surface area contributed by atoms with Crippen LogP contribution >= 0.6 is 0 Å². The molecule has 1 N–H and O–H groups in total. The molecule has 0 radical (unpaired) electrons. The average Bonchev–Trinajstić information content (AvgIpc) is 3.20. The molecule has 2 aliphatic heterocycles. The van der Waals surface area contributed by atoms with Crippen LogP contribution in [0.5, 0.6) is 0 Å². The van der Waals surface area contributed by atoms with Crippen LogP contribution in [0.3, 0.4) is 0 Å². The first-order chi connectivity index (χ1) is 11.7. The molecule has 9 nitrogen and oxygen atoms in total. The molecular weight excluding hydrogens is 328 g/mol. The largest absolute Gasteiger partial charge is 0.444 e. The van der Waals surface area contributed by atoms with Gasteiger partial charge in [-0.3, -0.25) is 9.69 Å². The van der Waals surface area contributed by atoms with Crippen molar-refractivity contribution in [3.8, 4) is 0 Å². The topological polar surface area (TPSA) is 109 Å². The second-order valence-electron chi connectivity index (χ2n) is 7.52. The van der Waals surface area contributed by atoms with Crippen LogP contribution in [0.2, 0.25) is 0 Å². The van der Waals surface area contributed by atoms with E-state index in [9.17, 15) is 14.7 Å². The van der Waals surface area contributed by atoms with Crippen molar-refractivity contribution in [2.45, 2.75) is 63.8 Å². The molecule has 0 saturated carbocycles. The Morgan fingerprint density at radius 2 is 2.28 bits per heavy atom. The van der Waals surface area contributed by atoms with Crippen molar-refractivity contribution >= 4 is 12.0 Å². The summed E-state index contributed by atoms with van der Waals surface area (Å²) in [6.45, 7) is 7.39. The Kier molecular flexibility index (Phi) is 4.22. The van der Waals surface area contributed by atoms with Crippen LogP contribution in [0.25, 0.3) is 0 Å². The highest BCUT2D eigenvalue weighted by Gasteiger charge is 2.67. The second kappa shape index (κ2) is 5.98. The van der Waals surface area contributed by atoms with Crippen LogP contribution in [0.15, 0.2) is 10.8 Å². The molecule has 25 heavy (non-hydrogen) atoms. The van der Waals surface area contributed by atoms with Crippen molar-refractivity contribution in [3.63, 3.8) is 0 Å². The van der Waals surface area contributed by atoms with Gasteiger partial charge in [-0.05, 0) is 40.5 Å². The summed E-state index contributed by atoms with van der Waals surface area (Å²) < 4.78 is 10.6. The van der Waals surface area contributed by atoms with E-state index in [1.165, 1.54) is 9.80 Å². The molecule has 2 saturated heterocycles. The van der Waals surface area contributed by atoms with Crippen molar-refractivity contribution in [2.24, 2.45) is 0 Å². The molecule has 9 heteroatoms. The van der Waals surface area contributed by atoms with Gasteiger partial charge in [0, 0.05) is 6.54 Å². The molecule has 1 spiro atoms. The van der Waals surface area contributed by atoms with Crippen molar-refractivity contribution in [1.82, 2.24) is 20.0 Å². The van der Waals surface area contributed by atoms with E-state index in [1.54, 1.807) is 20.8 Å². The number of hydrogen-bond donors (Lipinski definition) is 1. The fourth-order valence-corrected chi connectivity index (χ4v) is 3.83. The number of aromatic nitrogens is 2. The van der Waals surface area contributed by atoms with Gasteiger partial charge in [0.05, 0.1) is 12.6 Å². The van der Waals surface area contributed by atoms with E-state index >= 15 is 0 Å². The summed E-state index contributed by atoms with van der Waals surface area (Å²) >= 11 is 0. The first-order valence-corrected chi connectivity index (χ1v) is 8.42. The number of nitrogens with zero attached hydrogens (tertiary/aromatic N) is 4. The molecule has 0 aromatic carbocycles. The first kappa shape index (κ1) is 17.7. The van der Waals surface area contributed by atoms with E-state index in [1.807, 2.05) is 6.92 Å². The summed E-state index contributed by atoms with van der Waals surface area (Å²) in [5.74, 6) is -0.0417. The number of aliphatic hydroxyl groups excluding tert-OH is 1. The Morgan fingerprint density at radius 3 is 2.80 bits per heavy atom. The highest BCUT2D eigenvalue weighted by Crippen LogP contribution is 2.47. The van der Waals surface area contributed by atoms with Gasteiger partial charge in [-0.15, -0.1) is 10.2 Å². The van der Waals surface area contributed by atoms with Crippen LogP contribution in [0, 0.1) is 0 Å². The summed E-state index contributed by atoms with van der Waals surface area (Å²) in [6.07, 6.45) is 1.98. The molecule has 1 unspecified atom stereocenters. The van der Waals surface area contributed by atoms with Gasteiger partial charge in [-0.1, -0.05) is 0 Å². The van der Waals surface area contributed by atoms with Crippen LogP contribution in [0.4, 0.5) is 4.79 Å². The van der Waals surface area contributed by atoms with Crippen LogP contribution in [-0.4, -0.2) is 67.4 Å². The third-order valence-corrected chi connectivity index (χ3v) is 4.92. The summed E-state index contributed by atoms with van der Waals surface area (Å²) in [5, 5.41) is 17.1. The predicted molar refractivity (Wildman–Crippen MR) is 85.3 cm³/mol. The summed E-state index contributed by atoms with van der Waals surface area (Å²) in [4.78, 5) is 28.7. The lowest BCUT2D eigenvalue weighted by molar-refractivity contribution is -0.179. The number of likely N-dealkylation sites (tertiary alicyclic amines) is 2. The third-order valence-electron chi connectivity index (χ3n) is 4.92. The Balaban J connectivity index is 1.83. The van der Waals surface area contributed by atoms with Crippen molar-refractivity contribution < 1.29 is 23.8 Å². The molecule has 2 fully saturated rings. The first-order valence-electron chi connectivity index (χ1n) is 8.42. The summed E-state index contributed by atoms with van der Waals surface area (Å²) in [6, 6.07) is -1.00. The van der Waals surface area contributed by atoms with E-state index in [2.05, 4.69) is 10.2 Å². The van der Waals surface area contributed by atoms with Gasteiger partial charge in [-0.25, -0.2) is 4.79 Å². The van der Waals surface area contributed by atoms with E-state index < -0.39 is 23.3 Å². The molecule has 3 rings (SSSR count). The van der Waals surface area contributed by atoms with Gasteiger partial charge < -0.3 is 19.2 Å². The van der Waals surface area contributed by atoms with Crippen LogP contribution in [-0.2, 0) is 9.53 Å².